The van der Waals surface area contributed by atoms with Gasteiger partial charge in [0, 0.05) is 48.9 Å². The zero-order chi connectivity index (χ0) is 60.0. The van der Waals surface area contributed by atoms with Gasteiger partial charge in [-0.15, -0.1) is 0 Å². The third-order valence-electron chi connectivity index (χ3n) is 17.9. The number of methoxy groups -OCH3 is 2. The smallest absolute Gasteiger partial charge is 0.407 e. The highest BCUT2D eigenvalue weighted by molar-refractivity contribution is 5.88. The Bertz CT molecular complexity index is 3400. The molecule has 4 aliphatic rings. The number of fused-ring (bicyclic) bond motifs is 2. The van der Waals surface area contributed by atoms with E-state index in [1.165, 1.54) is 38.5 Å². The monoisotopic (exact) mass is 1170 g/mol. The normalized spacial score (nSPS) is 20.2. The van der Waals surface area contributed by atoms with Crippen molar-refractivity contribution < 1.29 is 50.6 Å². The van der Waals surface area contributed by atoms with Gasteiger partial charge in [0.15, 0.2) is 17.3 Å². The van der Waals surface area contributed by atoms with E-state index in [0.717, 1.165) is 0 Å². The standard InChI is InChI=1S/C64H71F5N10O6/c1-35(2)55(74-62(82)84-5)60(80)77-25-13-19-53(77)58-70-47-31-41(43(65)33-49(47)72-58)51-21-22-52(42-32-48-50(34-44(42)66)73-59(71-48)54-20-14-26-78(54)61(81)56(36(3)4)75-63(83)85-6)79(51)40-29-45(67)57(46(68)30-40)76-27-23-39(24-28-76)64(69,37-15-9-7-10-16-37)38-17-11-8-12-18-38/h7-12,15-18,29-36,39,51-56H,13-14,19-28H2,1-6H3,(H,70,72)(H,71,73)(H,74,82)(H,75,83)/t51-,52-,53+,54+,55+,56+/m1/s1. The Hall–Kier alpha value is -8.23. The third kappa shape index (κ3) is 11.1. The number of carbonyl (C=O) groups is 4. The summed E-state index contributed by atoms with van der Waals surface area (Å²) in [5, 5.41) is 5.30. The molecular formula is C64H71F5N10O6. The van der Waals surface area contributed by atoms with Crippen molar-refractivity contribution in [1.82, 2.24) is 40.4 Å². The lowest BCUT2D eigenvalue weighted by molar-refractivity contribution is -0.136. The number of carbonyl (C=O) groups excluding carboxylic acids is 4. The molecule has 2 aromatic heterocycles. The number of alkyl halides is 1. The molecule has 0 radical (unpaired) electrons. The number of amides is 4. The van der Waals surface area contributed by atoms with Crippen molar-refractivity contribution in [3.05, 3.63) is 154 Å². The quantitative estimate of drug-likeness (QED) is 0.0721. The maximum atomic E-state index is 17.8. The SMILES string of the molecule is COC(=O)N[C@H](C(=O)N1CCC[C@H]1c1nc2cc([C@H]3CC[C@H](c4cc5nc([C@@H]6CCCN6C(=O)[C@@H](NC(=O)OC)C(C)C)[nH]c5cc4F)N3c3cc(F)c(N4CCC(C(F)(c5ccccc5)c5ccccc5)CC4)c(F)c3)c(F)cc2[nH]1)C(C)C. The number of likely N-dealkylation sites (tertiary alicyclic amines) is 2. The highest BCUT2D eigenvalue weighted by Crippen LogP contribution is 2.51. The number of imidazole rings is 2. The van der Waals surface area contributed by atoms with E-state index < -0.39 is 83.3 Å². The Kier molecular flexibility index (Phi) is 16.5. The number of anilines is 2. The highest BCUT2D eigenvalue weighted by atomic mass is 19.2. The minimum atomic E-state index is -1.87. The maximum absolute atomic E-state index is 17.8. The van der Waals surface area contributed by atoms with E-state index in [0.29, 0.717) is 83.6 Å². The van der Waals surface area contributed by atoms with Crippen LogP contribution in [-0.4, -0.2) is 106 Å². The molecule has 0 saturated carbocycles. The molecule has 6 atom stereocenters. The molecule has 4 aliphatic heterocycles. The Labute approximate surface area is 489 Å². The van der Waals surface area contributed by atoms with Crippen LogP contribution >= 0.6 is 0 Å². The molecule has 4 saturated heterocycles. The first kappa shape index (κ1) is 58.5. The molecule has 448 valence electrons. The fourth-order valence-corrected chi connectivity index (χ4v) is 13.6. The van der Waals surface area contributed by atoms with Crippen LogP contribution in [0.4, 0.5) is 42.9 Å². The van der Waals surface area contributed by atoms with Crippen molar-refractivity contribution in [2.75, 3.05) is 50.2 Å². The van der Waals surface area contributed by atoms with Gasteiger partial charge in [-0.05, 0) is 111 Å². The summed E-state index contributed by atoms with van der Waals surface area (Å²) in [6.07, 6.45) is 1.90. The number of nitrogens with one attached hydrogen (secondary N) is 4. The van der Waals surface area contributed by atoms with Crippen LogP contribution in [0.1, 0.15) is 137 Å². The minimum absolute atomic E-state index is 0.0299. The summed E-state index contributed by atoms with van der Waals surface area (Å²) in [4.78, 5) is 75.5. The second kappa shape index (κ2) is 24.0. The number of aromatic nitrogens is 4. The lowest BCUT2D eigenvalue weighted by atomic mass is 9.73. The van der Waals surface area contributed by atoms with Crippen molar-refractivity contribution in [3.63, 3.8) is 0 Å². The molecule has 85 heavy (non-hydrogen) atoms. The van der Waals surface area contributed by atoms with Crippen molar-refractivity contribution in [2.45, 2.75) is 121 Å². The van der Waals surface area contributed by atoms with Crippen molar-refractivity contribution in [3.8, 4) is 0 Å². The molecule has 5 aromatic carbocycles. The molecule has 11 rings (SSSR count). The second-order valence-electron chi connectivity index (χ2n) is 23.6. The number of aromatic amines is 2. The van der Waals surface area contributed by atoms with Crippen LogP contribution < -0.4 is 20.4 Å². The Morgan fingerprint density at radius 3 is 1.39 bits per heavy atom. The number of benzene rings is 5. The molecular weight excluding hydrogens is 1100 g/mol. The molecule has 0 bridgehead atoms. The predicted octanol–water partition coefficient (Wildman–Crippen LogP) is 12.3. The van der Waals surface area contributed by atoms with Crippen molar-refractivity contribution >= 4 is 57.4 Å². The van der Waals surface area contributed by atoms with Gasteiger partial charge in [0.05, 0.1) is 60.5 Å². The van der Waals surface area contributed by atoms with Crippen molar-refractivity contribution in [2.24, 2.45) is 17.8 Å². The van der Waals surface area contributed by atoms with Crippen LogP contribution in [0.25, 0.3) is 22.1 Å². The van der Waals surface area contributed by atoms with E-state index in [2.05, 4.69) is 20.6 Å². The zero-order valence-electron chi connectivity index (χ0n) is 48.4. The fraction of sp³-hybridized carbons (Fsp3) is 0.438. The molecule has 21 heteroatoms. The number of alkyl carbamates (subject to hydrolysis) is 2. The lowest BCUT2D eigenvalue weighted by Gasteiger charge is -2.41. The maximum Gasteiger partial charge on any atom is 0.407 e. The summed E-state index contributed by atoms with van der Waals surface area (Å²) in [5.41, 5.74) is 0.595. The zero-order valence-corrected chi connectivity index (χ0v) is 48.4. The summed E-state index contributed by atoms with van der Waals surface area (Å²) in [5.74, 6) is -3.96. The number of rotatable bonds is 15. The largest absolute Gasteiger partial charge is 0.453 e. The van der Waals surface area contributed by atoms with E-state index in [-0.39, 0.29) is 84.9 Å². The molecule has 0 unspecified atom stereocenters. The van der Waals surface area contributed by atoms with Gasteiger partial charge < -0.3 is 49.7 Å². The number of hydrogen-bond donors (Lipinski definition) is 4. The highest BCUT2D eigenvalue weighted by Gasteiger charge is 2.46. The molecule has 7 aromatic rings. The second-order valence-corrected chi connectivity index (χ2v) is 23.6. The Balaban J connectivity index is 0.936. The Morgan fingerprint density at radius 2 is 0.988 bits per heavy atom. The van der Waals surface area contributed by atoms with Crippen LogP contribution in [0, 0.1) is 41.0 Å². The van der Waals surface area contributed by atoms with E-state index in [1.54, 1.807) is 80.3 Å². The Morgan fingerprint density at radius 1 is 0.565 bits per heavy atom. The molecule has 6 heterocycles. The number of nitrogens with zero attached hydrogens (tertiary/aromatic N) is 6. The molecule has 4 amide bonds. The molecule has 16 nitrogen and oxygen atoms in total. The number of H-pyrrole nitrogens is 2. The van der Waals surface area contributed by atoms with Gasteiger partial charge in [-0.25, -0.2) is 41.5 Å². The summed E-state index contributed by atoms with van der Waals surface area (Å²) in [6, 6.07) is 21.4. The van der Waals surface area contributed by atoms with E-state index in [1.807, 2.05) is 39.8 Å². The first-order valence-electron chi connectivity index (χ1n) is 29.4. The molecule has 0 spiro atoms. The van der Waals surface area contributed by atoms with Gasteiger partial charge in [0.25, 0.3) is 0 Å². The molecule has 4 N–H and O–H groups in total. The van der Waals surface area contributed by atoms with Crippen LogP contribution in [0.2, 0.25) is 0 Å². The third-order valence-corrected chi connectivity index (χ3v) is 17.9. The van der Waals surface area contributed by atoms with Gasteiger partial charge in [0.2, 0.25) is 11.8 Å². The van der Waals surface area contributed by atoms with Crippen molar-refractivity contribution in [1.29, 1.82) is 0 Å². The first-order valence-corrected chi connectivity index (χ1v) is 29.4. The number of piperidine rings is 1. The number of halogens is 5. The number of ether oxygens (including phenoxy) is 2. The van der Waals surface area contributed by atoms with Gasteiger partial charge >= 0.3 is 12.2 Å². The minimum Gasteiger partial charge on any atom is -0.453 e. The average Bonchev–Trinajstić information content (AvgIpc) is 2.09. The van der Waals surface area contributed by atoms with E-state index in [4.69, 9.17) is 19.4 Å². The lowest BCUT2D eigenvalue weighted by Crippen LogP contribution is -2.51. The van der Waals surface area contributed by atoms with Gasteiger partial charge in [0.1, 0.15) is 41.1 Å². The van der Waals surface area contributed by atoms with Crippen LogP contribution in [0.15, 0.2) is 97.1 Å². The summed E-state index contributed by atoms with van der Waals surface area (Å²) < 4.78 is 96.0. The topological polar surface area (TPSA) is 181 Å². The van der Waals surface area contributed by atoms with Crippen LogP contribution in [0.3, 0.4) is 0 Å². The fourth-order valence-electron chi connectivity index (χ4n) is 13.6. The van der Waals surface area contributed by atoms with Crippen LogP contribution in [0.5, 0.6) is 0 Å². The van der Waals surface area contributed by atoms with E-state index in [9.17, 15) is 19.2 Å². The van der Waals surface area contributed by atoms with E-state index >= 15 is 22.0 Å². The average molecular weight is 1170 g/mol. The van der Waals surface area contributed by atoms with Crippen LogP contribution in [-0.2, 0) is 24.7 Å². The molecule has 4 fully saturated rings. The first-order chi connectivity index (χ1) is 40.9. The van der Waals surface area contributed by atoms with Gasteiger partial charge in [-0.3, -0.25) is 9.59 Å². The predicted molar refractivity (Wildman–Crippen MR) is 311 cm³/mol. The summed E-state index contributed by atoms with van der Waals surface area (Å²) in [7, 11) is 2.45. The van der Waals surface area contributed by atoms with Gasteiger partial charge in [-0.2, -0.15) is 0 Å². The number of hydrogen-bond acceptors (Lipinski definition) is 10. The summed E-state index contributed by atoms with van der Waals surface area (Å²) in [6.45, 7) is 8.35. The van der Waals surface area contributed by atoms with Gasteiger partial charge in [-0.1, -0.05) is 88.4 Å². The molecule has 0 aliphatic carbocycles. The summed E-state index contributed by atoms with van der Waals surface area (Å²) >= 11 is 0.